The lowest BCUT2D eigenvalue weighted by Gasteiger charge is -2.27. The van der Waals surface area contributed by atoms with E-state index in [0.29, 0.717) is 0 Å². The van der Waals surface area contributed by atoms with Gasteiger partial charge in [0, 0.05) is 12.0 Å². The average Bonchev–Trinajstić information content (AvgIpc) is 3.09. The molecule has 2 amide bonds. The van der Waals surface area contributed by atoms with Crippen molar-refractivity contribution in [3.63, 3.8) is 0 Å². The van der Waals surface area contributed by atoms with Crippen LogP contribution in [-0.4, -0.2) is 17.9 Å². The maximum atomic E-state index is 13.8. The minimum atomic E-state index is -0.967. The molecule has 1 heterocycles. The van der Waals surface area contributed by atoms with Crippen LogP contribution in [0.1, 0.15) is 54.4 Å². The van der Waals surface area contributed by atoms with E-state index in [2.05, 4.69) is 10.6 Å². The number of fused-ring (bicyclic) bond motifs is 1. The van der Waals surface area contributed by atoms with Crippen LogP contribution in [0.3, 0.4) is 0 Å². The van der Waals surface area contributed by atoms with Crippen molar-refractivity contribution in [2.45, 2.75) is 45.2 Å². The zero-order valence-corrected chi connectivity index (χ0v) is 15.2. The van der Waals surface area contributed by atoms with E-state index in [1.54, 1.807) is 20.1 Å². The largest absolute Gasteiger partial charge is 0.469 e. The van der Waals surface area contributed by atoms with Crippen LogP contribution in [-0.2, 0) is 11.2 Å². The number of rotatable bonds is 5. The van der Waals surface area contributed by atoms with E-state index < -0.39 is 35.1 Å². The number of furan rings is 1. The maximum Gasteiger partial charge on any atom is 0.257 e. The van der Waals surface area contributed by atoms with Gasteiger partial charge in [0.25, 0.3) is 5.91 Å². The highest BCUT2D eigenvalue weighted by molar-refractivity contribution is 5.98. The fraction of sp³-hybridized carbons (Fsp3) is 0.400. The highest BCUT2D eigenvalue weighted by Crippen LogP contribution is 2.30. The summed E-state index contributed by atoms with van der Waals surface area (Å²) in [6, 6.07) is 3.89. The Morgan fingerprint density at radius 3 is 2.56 bits per heavy atom. The summed E-state index contributed by atoms with van der Waals surface area (Å²) in [5, 5.41) is 5.39. The molecular weight excluding hydrogens is 354 g/mol. The molecule has 1 aromatic carbocycles. The van der Waals surface area contributed by atoms with Crippen molar-refractivity contribution in [1.82, 2.24) is 10.6 Å². The molecule has 0 radical (unpaired) electrons. The molecule has 2 N–H and O–H groups in total. The van der Waals surface area contributed by atoms with Gasteiger partial charge in [-0.25, -0.2) is 8.78 Å². The normalized spacial score (nSPS) is 17.3. The predicted molar refractivity (Wildman–Crippen MR) is 95.0 cm³/mol. The van der Waals surface area contributed by atoms with Crippen LogP contribution in [0.4, 0.5) is 8.78 Å². The van der Waals surface area contributed by atoms with Gasteiger partial charge in [-0.3, -0.25) is 9.59 Å². The fourth-order valence-corrected chi connectivity index (χ4v) is 3.36. The molecule has 0 saturated heterocycles. The van der Waals surface area contributed by atoms with Gasteiger partial charge < -0.3 is 15.1 Å². The zero-order chi connectivity index (χ0) is 19.6. The molecule has 0 fully saturated rings. The topological polar surface area (TPSA) is 71.3 Å². The quantitative estimate of drug-likeness (QED) is 0.839. The predicted octanol–water partition coefficient (Wildman–Crippen LogP) is 3.51. The van der Waals surface area contributed by atoms with Crippen LogP contribution in [0, 0.1) is 17.6 Å². The van der Waals surface area contributed by atoms with E-state index in [1.165, 1.54) is 6.07 Å². The summed E-state index contributed by atoms with van der Waals surface area (Å²) < 4.78 is 33.1. The zero-order valence-electron chi connectivity index (χ0n) is 15.2. The van der Waals surface area contributed by atoms with E-state index in [-0.39, 0.29) is 12.0 Å². The number of halogens is 2. The Hall–Kier alpha value is -2.70. The number of carbonyl (C=O) groups is 2. The fourth-order valence-electron chi connectivity index (χ4n) is 3.36. The molecule has 0 saturated carbocycles. The summed E-state index contributed by atoms with van der Waals surface area (Å²) in [6.45, 7) is 3.51. The van der Waals surface area contributed by atoms with Crippen LogP contribution in [0.15, 0.2) is 34.9 Å². The van der Waals surface area contributed by atoms with Crippen molar-refractivity contribution < 1.29 is 22.8 Å². The number of carbonyl (C=O) groups excluding carboxylic acids is 2. The molecule has 2 unspecified atom stereocenters. The van der Waals surface area contributed by atoms with Gasteiger partial charge >= 0.3 is 0 Å². The maximum absolute atomic E-state index is 13.8. The average molecular weight is 376 g/mol. The van der Waals surface area contributed by atoms with Crippen molar-refractivity contribution in [3.05, 3.63) is 59.1 Å². The molecule has 2 aromatic rings. The molecule has 1 aromatic heterocycles. The first-order chi connectivity index (χ1) is 12.9. The van der Waals surface area contributed by atoms with Crippen LogP contribution in [0.25, 0.3) is 0 Å². The third-order valence-corrected chi connectivity index (χ3v) is 4.79. The molecule has 27 heavy (non-hydrogen) atoms. The van der Waals surface area contributed by atoms with Gasteiger partial charge in [0.1, 0.15) is 29.0 Å². The molecule has 2 atom stereocenters. The van der Waals surface area contributed by atoms with Crippen LogP contribution in [0.5, 0.6) is 0 Å². The van der Waals surface area contributed by atoms with Crippen molar-refractivity contribution in [2.75, 3.05) is 0 Å². The Morgan fingerprint density at radius 2 is 1.89 bits per heavy atom. The molecule has 3 rings (SSSR count). The Morgan fingerprint density at radius 1 is 1.19 bits per heavy atom. The lowest BCUT2D eigenvalue weighted by atomic mass is 9.92. The molecule has 1 aliphatic rings. The lowest BCUT2D eigenvalue weighted by Crippen LogP contribution is -2.51. The molecule has 0 aliphatic heterocycles. The second kappa shape index (κ2) is 7.90. The van der Waals surface area contributed by atoms with Crippen molar-refractivity contribution in [1.29, 1.82) is 0 Å². The molecular formula is C20H22F2N2O3. The Balaban J connectivity index is 1.74. The number of benzene rings is 1. The van der Waals surface area contributed by atoms with E-state index >= 15 is 0 Å². The second-order valence-corrected chi connectivity index (χ2v) is 7.04. The molecule has 0 spiro atoms. The monoisotopic (exact) mass is 376 g/mol. The summed E-state index contributed by atoms with van der Waals surface area (Å²) in [6.07, 6.45) is 4.06. The van der Waals surface area contributed by atoms with E-state index in [9.17, 15) is 18.4 Å². The van der Waals surface area contributed by atoms with E-state index in [0.717, 1.165) is 42.7 Å². The van der Waals surface area contributed by atoms with Gasteiger partial charge in [-0.2, -0.15) is 0 Å². The summed E-state index contributed by atoms with van der Waals surface area (Å²) in [5.74, 6) is -2.70. The summed E-state index contributed by atoms with van der Waals surface area (Å²) in [7, 11) is 0. The van der Waals surface area contributed by atoms with Crippen molar-refractivity contribution in [2.24, 2.45) is 5.92 Å². The third-order valence-electron chi connectivity index (χ3n) is 4.79. The first-order valence-electron chi connectivity index (χ1n) is 9.00. The smallest absolute Gasteiger partial charge is 0.257 e. The minimum Gasteiger partial charge on any atom is -0.469 e. The van der Waals surface area contributed by atoms with Crippen LogP contribution < -0.4 is 10.6 Å². The third kappa shape index (κ3) is 4.02. The van der Waals surface area contributed by atoms with Crippen LogP contribution in [0.2, 0.25) is 0 Å². The molecule has 7 heteroatoms. The molecule has 144 valence electrons. The number of amides is 2. The molecule has 1 aliphatic carbocycles. The summed E-state index contributed by atoms with van der Waals surface area (Å²) >= 11 is 0. The Bertz CT molecular complexity index is 827. The Kier molecular flexibility index (Phi) is 5.58. The first-order valence-corrected chi connectivity index (χ1v) is 9.00. The number of aryl methyl sites for hydroxylation is 1. The Labute approximate surface area is 156 Å². The summed E-state index contributed by atoms with van der Waals surface area (Å²) in [4.78, 5) is 25.1. The van der Waals surface area contributed by atoms with Crippen molar-refractivity contribution >= 4 is 11.8 Å². The standard InChI is InChI=1S/C20H22F2N2O3/c1-11(2)18(24-19(25)17-13(21)5-3-6-14(17)22)20(26)23-15-7-4-8-16-12(15)9-10-27-16/h3,5-6,9-11,15,18H,4,7-8H2,1-2H3,(H,23,26)(H,24,25). The highest BCUT2D eigenvalue weighted by atomic mass is 19.1. The van der Waals surface area contributed by atoms with Gasteiger partial charge in [0.15, 0.2) is 0 Å². The van der Waals surface area contributed by atoms with Gasteiger partial charge in [-0.05, 0) is 37.0 Å². The number of hydrogen-bond donors (Lipinski definition) is 2. The van der Waals surface area contributed by atoms with Gasteiger partial charge in [0.05, 0.1) is 12.3 Å². The van der Waals surface area contributed by atoms with Crippen molar-refractivity contribution in [3.8, 4) is 0 Å². The molecule has 0 bridgehead atoms. The number of hydrogen-bond acceptors (Lipinski definition) is 3. The van der Waals surface area contributed by atoms with Gasteiger partial charge in [-0.1, -0.05) is 19.9 Å². The first kappa shape index (κ1) is 19.1. The number of nitrogens with one attached hydrogen (secondary N) is 2. The summed E-state index contributed by atoms with van der Waals surface area (Å²) in [5.41, 5.74) is 0.245. The lowest BCUT2D eigenvalue weighted by molar-refractivity contribution is -0.124. The SMILES string of the molecule is CC(C)C(NC(=O)c1c(F)cccc1F)C(=O)NC1CCCc2occc21. The second-order valence-electron chi connectivity index (χ2n) is 7.04. The van der Waals surface area contributed by atoms with Gasteiger partial charge in [0.2, 0.25) is 5.91 Å². The van der Waals surface area contributed by atoms with E-state index in [1.807, 2.05) is 6.07 Å². The van der Waals surface area contributed by atoms with Gasteiger partial charge in [-0.15, -0.1) is 0 Å². The highest BCUT2D eigenvalue weighted by Gasteiger charge is 2.31. The van der Waals surface area contributed by atoms with E-state index in [4.69, 9.17) is 4.42 Å². The minimum absolute atomic E-state index is 0.205. The molecule has 5 nitrogen and oxygen atoms in total. The van der Waals surface area contributed by atoms with Crippen LogP contribution >= 0.6 is 0 Å².